The molecule has 16 heavy (non-hydrogen) atoms. The van der Waals surface area contributed by atoms with E-state index < -0.39 is 5.97 Å². The monoisotopic (exact) mass is 219 g/mol. The number of aliphatic carboxylic acids is 1. The number of carboxylic acids is 1. The molecule has 0 aliphatic carbocycles. The zero-order valence-electron chi connectivity index (χ0n) is 9.44. The maximum Gasteiger partial charge on any atom is 0.311 e. The lowest BCUT2D eigenvalue weighted by Crippen LogP contribution is -2.31. The SMILES string of the molecule is CCCC1CC(C(=O)O)c2ccccc2N1. The molecule has 3 heteroatoms. The van der Waals surface area contributed by atoms with E-state index in [1.165, 1.54) is 0 Å². The lowest BCUT2D eigenvalue weighted by molar-refractivity contribution is -0.139. The van der Waals surface area contributed by atoms with Crippen LogP contribution < -0.4 is 5.32 Å². The van der Waals surface area contributed by atoms with E-state index in [1.807, 2.05) is 24.3 Å². The number of anilines is 1. The van der Waals surface area contributed by atoms with Crippen LogP contribution >= 0.6 is 0 Å². The Morgan fingerprint density at radius 1 is 1.50 bits per heavy atom. The Morgan fingerprint density at radius 3 is 2.94 bits per heavy atom. The number of rotatable bonds is 3. The number of benzene rings is 1. The molecule has 1 heterocycles. The maximum atomic E-state index is 11.2. The van der Waals surface area contributed by atoms with Crippen molar-refractivity contribution in [1.29, 1.82) is 0 Å². The van der Waals surface area contributed by atoms with Crippen LogP contribution in [0.15, 0.2) is 24.3 Å². The highest BCUT2D eigenvalue weighted by molar-refractivity contribution is 5.80. The maximum absolute atomic E-state index is 11.2. The van der Waals surface area contributed by atoms with Gasteiger partial charge >= 0.3 is 5.97 Å². The Balaban J connectivity index is 2.30. The number of carboxylic acid groups (broad SMARTS) is 1. The van der Waals surface area contributed by atoms with Crippen molar-refractivity contribution in [2.75, 3.05) is 5.32 Å². The number of carbonyl (C=O) groups is 1. The van der Waals surface area contributed by atoms with Crippen LogP contribution in [-0.4, -0.2) is 17.1 Å². The van der Waals surface area contributed by atoms with Gasteiger partial charge in [-0.05, 0) is 24.5 Å². The predicted molar refractivity (Wildman–Crippen MR) is 63.8 cm³/mol. The van der Waals surface area contributed by atoms with Crippen molar-refractivity contribution in [3.8, 4) is 0 Å². The third-order valence-corrected chi connectivity index (χ3v) is 3.15. The van der Waals surface area contributed by atoms with Gasteiger partial charge in [0.2, 0.25) is 0 Å². The normalized spacial score (nSPS) is 23.3. The molecule has 1 aromatic rings. The number of hydrogen-bond acceptors (Lipinski definition) is 2. The zero-order valence-corrected chi connectivity index (χ0v) is 9.44. The molecular formula is C13H17NO2. The van der Waals surface area contributed by atoms with Crippen LogP contribution in [0.3, 0.4) is 0 Å². The molecule has 2 rings (SSSR count). The molecule has 2 atom stereocenters. The minimum Gasteiger partial charge on any atom is -0.481 e. The van der Waals surface area contributed by atoms with Crippen molar-refractivity contribution in [1.82, 2.24) is 0 Å². The molecule has 1 aliphatic heterocycles. The molecule has 0 aromatic heterocycles. The summed E-state index contributed by atoms with van der Waals surface area (Å²) in [4.78, 5) is 11.2. The van der Waals surface area contributed by atoms with Crippen molar-refractivity contribution in [2.45, 2.75) is 38.1 Å². The summed E-state index contributed by atoms with van der Waals surface area (Å²) >= 11 is 0. The van der Waals surface area contributed by atoms with Gasteiger partial charge in [-0.15, -0.1) is 0 Å². The van der Waals surface area contributed by atoms with Gasteiger partial charge in [-0.3, -0.25) is 4.79 Å². The van der Waals surface area contributed by atoms with Crippen molar-refractivity contribution in [3.63, 3.8) is 0 Å². The van der Waals surface area contributed by atoms with E-state index >= 15 is 0 Å². The van der Waals surface area contributed by atoms with Crippen LogP contribution in [-0.2, 0) is 4.79 Å². The highest BCUT2D eigenvalue weighted by atomic mass is 16.4. The first-order chi connectivity index (χ1) is 7.72. The molecule has 1 aliphatic rings. The largest absolute Gasteiger partial charge is 0.481 e. The second kappa shape index (κ2) is 4.56. The molecule has 0 saturated carbocycles. The van der Waals surface area contributed by atoms with Crippen LogP contribution in [0.2, 0.25) is 0 Å². The third-order valence-electron chi connectivity index (χ3n) is 3.15. The van der Waals surface area contributed by atoms with E-state index in [-0.39, 0.29) is 5.92 Å². The van der Waals surface area contributed by atoms with Gasteiger partial charge in [0.25, 0.3) is 0 Å². The summed E-state index contributed by atoms with van der Waals surface area (Å²) in [5, 5.41) is 12.7. The van der Waals surface area contributed by atoms with Gasteiger partial charge in [0.15, 0.2) is 0 Å². The van der Waals surface area contributed by atoms with Crippen molar-refractivity contribution < 1.29 is 9.90 Å². The molecule has 0 fully saturated rings. The number of nitrogens with one attached hydrogen (secondary N) is 1. The van der Waals surface area contributed by atoms with Gasteiger partial charge < -0.3 is 10.4 Å². The van der Waals surface area contributed by atoms with Crippen LogP contribution in [0, 0.1) is 0 Å². The van der Waals surface area contributed by atoms with E-state index in [0.29, 0.717) is 12.5 Å². The molecule has 0 bridgehead atoms. The Bertz CT molecular complexity index is 389. The molecular weight excluding hydrogens is 202 g/mol. The summed E-state index contributed by atoms with van der Waals surface area (Å²) in [7, 11) is 0. The first-order valence-electron chi connectivity index (χ1n) is 5.80. The molecule has 0 radical (unpaired) electrons. The van der Waals surface area contributed by atoms with Crippen LogP contribution in [0.5, 0.6) is 0 Å². The summed E-state index contributed by atoms with van der Waals surface area (Å²) in [5.41, 5.74) is 1.90. The van der Waals surface area contributed by atoms with Gasteiger partial charge in [-0.1, -0.05) is 31.5 Å². The van der Waals surface area contributed by atoms with Gasteiger partial charge in [-0.2, -0.15) is 0 Å². The standard InChI is InChI=1S/C13H17NO2/c1-2-5-9-8-11(13(15)16)10-6-3-4-7-12(10)14-9/h3-4,6-7,9,11,14H,2,5,8H2,1H3,(H,15,16). The summed E-state index contributed by atoms with van der Waals surface area (Å²) in [6.45, 7) is 2.12. The van der Waals surface area contributed by atoms with E-state index in [4.69, 9.17) is 0 Å². The van der Waals surface area contributed by atoms with Gasteiger partial charge in [-0.25, -0.2) is 0 Å². The molecule has 0 saturated heterocycles. The third kappa shape index (κ3) is 2.03. The number of para-hydroxylation sites is 1. The van der Waals surface area contributed by atoms with E-state index in [2.05, 4.69) is 12.2 Å². The highest BCUT2D eigenvalue weighted by Crippen LogP contribution is 2.35. The number of hydrogen-bond donors (Lipinski definition) is 2. The molecule has 2 N–H and O–H groups in total. The fourth-order valence-corrected chi connectivity index (χ4v) is 2.39. The van der Waals surface area contributed by atoms with E-state index in [9.17, 15) is 9.90 Å². The van der Waals surface area contributed by atoms with E-state index in [0.717, 1.165) is 24.1 Å². The molecule has 86 valence electrons. The minimum absolute atomic E-state index is 0.293. The van der Waals surface area contributed by atoms with Crippen molar-refractivity contribution in [2.24, 2.45) is 0 Å². The van der Waals surface area contributed by atoms with Crippen LogP contribution in [0.25, 0.3) is 0 Å². The fourth-order valence-electron chi connectivity index (χ4n) is 2.39. The topological polar surface area (TPSA) is 49.3 Å². The molecule has 2 unspecified atom stereocenters. The van der Waals surface area contributed by atoms with Gasteiger partial charge in [0, 0.05) is 11.7 Å². The van der Waals surface area contributed by atoms with Crippen LogP contribution in [0.4, 0.5) is 5.69 Å². The Labute approximate surface area is 95.5 Å². The van der Waals surface area contributed by atoms with E-state index in [1.54, 1.807) is 0 Å². The minimum atomic E-state index is -0.713. The Kier molecular flexibility index (Phi) is 3.13. The highest BCUT2D eigenvalue weighted by Gasteiger charge is 2.30. The second-order valence-electron chi connectivity index (χ2n) is 4.34. The van der Waals surface area contributed by atoms with Crippen molar-refractivity contribution in [3.05, 3.63) is 29.8 Å². The summed E-state index contributed by atoms with van der Waals surface area (Å²) in [6, 6.07) is 8.01. The summed E-state index contributed by atoms with van der Waals surface area (Å²) in [5.74, 6) is -1.07. The first kappa shape index (κ1) is 11.0. The Hall–Kier alpha value is -1.51. The molecule has 0 spiro atoms. The van der Waals surface area contributed by atoms with Crippen molar-refractivity contribution >= 4 is 11.7 Å². The first-order valence-corrected chi connectivity index (χ1v) is 5.80. The average molecular weight is 219 g/mol. The quantitative estimate of drug-likeness (QED) is 0.821. The lowest BCUT2D eigenvalue weighted by atomic mass is 9.85. The fraction of sp³-hybridized carbons (Fsp3) is 0.462. The second-order valence-corrected chi connectivity index (χ2v) is 4.34. The van der Waals surface area contributed by atoms with Crippen LogP contribution in [0.1, 0.15) is 37.7 Å². The smallest absolute Gasteiger partial charge is 0.311 e. The number of fused-ring (bicyclic) bond motifs is 1. The predicted octanol–water partition coefficient (Wildman–Crippen LogP) is 2.84. The molecule has 0 amide bonds. The molecule has 1 aromatic carbocycles. The Morgan fingerprint density at radius 2 is 2.25 bits per heavy atom. The lowest BCUT2D eigenvalue weighted by Gasteiger charge is -2.31. The zero-order chi connectivity index (χ0) is 11.5. The van der Waals surface area contributed by atoms with Gasteiger partial charge in [0.1, 0.15) is 0 Å². The average Bonchev–Trinajstić information content (AvgIpc) is 2.28. The molecule has 3 nitrogen and oxygen atoms in total. The van der Waals surface area contributed by atoms with Gasteiger partial charge in [0.05, 0.1) is 5.92 Å². The summed E-state index contributed by atoms with van der Waals surface area (Å²) in [6.07, 6.45) is 2.80. The summed E-state index contributed by atoms with van der Waals surface area (Å²) < 4.78 is 0.